The molecule has 0 amide bonds. The number of rotatable bonds is 9. The fourth-order valence-corrected chi connectivity index (χ4v) is 4.26. The number of imidazole rings is 1. The normalized spacial score (nSPS) is 14.6. The Morgan fingerprint density at radius 1 is 1.22 bits per heavy atom. The van der Waals surface area contributed by atoms with Crippen LogP contribution in [0.1, 0.15) is 51.8 Å². The van der Waals surface area contributed by atoms with E-state index in [1.165, 1.54) is 0 Å². The van der Waals surface area contributed by atoms with Crippen LogP contribution in [-0.4, -0.2) is 56.7 Å². The summed E-state index contributed by atoms with van der Waals surface area (Å²) >= 11 is 0. The molecule has 0 spiro atoms. The van der Waals surface area contributed by atoms with Crippen LogP contribution in [0.5, 0.6) is 0 Å². The van der Waals surface area contributed by atoms with Gasteiger partial charge in [0.15, 0.2) is 0 Å². The molecule has 0 bridgehead atoms. The number of pyridine rings is 1. The van der Waals surface area contributed by atoms with E-state index in [1.807, 2.05) is 24.3 Å². The summed E-state index contributed by atoms with van der Waals surface area (Å²) in [6, 6.07) is 6.87. The maximum atomic E-state index is 12.6. The van der Waals surface area contributed by atoms with Crippen LogP contribution in [0, 0.1) is 6.92 Å². The van der Waals surface area contributed by atoms with E-state index in [0.717, 1.165) is 28.0 Å². The Hall–Kier alpha value is -3.01. The number of carbonyl (C=O) groups excluding carboxylic acids is 1. The first-order chi connectivity index (χ1) is 16.8. The maximum absolute atomic E-state index is 12.6. The average molecular weight is 499 g/mol. The molecule has 2 aromatic heterocycles. The molecule has 196 valence electrons. The van der Waals surface area contributed by atoms with Crippen molar-refractivity contribution in [2.45, 2.75) is 71.9 Å². The van der Waals surface area contributed by atoms with Gasteiger partial charge in [-0.1, -0.05) is 6.07 Å². The minimum absolute atomic E-state index is 0.0253. The Labute approximate surface area is 212 Å². The molecule has 0 aliphatic heterocycles. The van der Waals surface area contributed by atoms with Crippen LogP contribution < -0.4 is 10.9 Å². The van der Waals surface area contributed by atoms with Crippen LogP contribution in [0.25, 0.3) is 22.4 Å². The molecule has 0 aliphatic carbocycles. The highest BCUT2D eigenvalue weighted by molar-refractivity contribution is 5.82. The molecule has 2 heterocycles. The van der Waals surface area contributed by atoms with Gasteiger partial charge in [0.25, 0.3) is 5.56 Å². The summed E-state index contributed by atoms with van der Waals surface area (Å²) in [6.07, 6.45) is 0.874. The fraction of sp³-hybridized carbons (Fsp3) is 0.519. The number of ether oxygens (including phenoxy) is 2. The van der Waals surface area contributed by atoms with Crippen LogP contribution in [0.4, 0.5) is 0 Å². The van der Waals surface area contributed by atoms with E-state index in [-0.39, 0.29) is 11.6 Å². The molecule has 0 aliphatic rings. The summed E-state index contributed by atoms with van der Waals surface area (Å²) in [7, 11) is 3.39. The molecular formula is C27H38N4O5. The van der Waals surface area contributed by atoms with E-state index in [9.17, 15) is 14.7 Å². The van der Waals surface area contributed by atoms with Gasteiger partial charge in [-0.15, -0.1) is 0 Å². The van der Waals surface area contributed by atoms with Gasteiger partial charge in [-0.25, -0.2) is 4.98 Å². The summed E-state index contributed by atoms with van der Waals surface area (Å²) in [5, 5.41) is 13.3. The molecule has 2 N–H and O–H groups in total. The molecule has 0 fully saturated rings. The van der Waals surface area contributed by atoms with Crippen molar-refractivity contribution in [3.05, 3.63) is 51.9 Å². The lowest BCUT2D eigenvalue weighted by atomic mass is 10.1. The second-order valence-electron chi connectivity index (χ2n) is 10.4. The van der Waals surface area contributed by atoms with Crippen molar-refractivity contribution < 1.29 is 19.4 Å². The Morgan fingerprint density at radius 3 is 2.50 bits per heavy atom. The number of aliphatic hydroxyl groups is 1. The zero-order valence-corrected chi connectivity index (χ0v) is 22.5. The largest absolute Gasteiger partial charge is 0.459 e. The highest BCUT2D eigenvalue weighted by atomic mass is 16.6. The lowest BCUT2D eigenvalue weighted by Crippen LogP contribution is -2.47. The number of hydrogen-bond donors (Lipinski definition) is 2. The van der Waals surface area contributed by atoms with Gasteiger partial charge in [-0.05, 0) is 65.3 Å². The number of esters is 1. The van der Waals surface area contributed by atoms with Gasteiger partial charge in [0, 0.05) is 38.0 Å². The first-order valence-electron chi connectivity index (χ1n) is 12.1. The summed E-state index contributed by atoms with van der Waals surface area (Å²) in [4.78, 5) is 29.7. The SMILES string of the molecule is COC[C@H](C)n1c(-c2cc(C)c(=O)n(C)c2)nc2ccc(CNC(C(=O)OC(C)(C)C)C(C)O)cc21. The van der Waals surface area contributed by atoms with Gasteiger partial charge in [0.2, 0.25) is 0 Å². The zero-order chi connectivity index (χ0) is 26.8. The number of aryl methyl sites for hydroxylation is 2. The highest BCUT2D eigenvalue weighted by Gasteiger charge is 2.28. The number of nitrogens with zero attached hydrogens (tertiary/aromatic N) is 3. The van der Waals surface area contributed by atoms with Crippen molar-refractivity contribution in [1.29, 1.82) is 0 Å². The highest BCUT2D eigenvalue weighted by Crippen LogP contribution is 2.29. The molecule has 0 saturated carbocycles. The van der Waals surface area contributed by atoms with E-state index in [1.54, 1.807) is 59.5 Å². The van der Waals surface area contributed by atoms with Crippen LogP contribution in [0.2, 0.25) is 0 Å². The second kappa shape index (κ2) is 10.9. The summed E-state index contributed by atoms with van der Waals surface area (Å²) < 4.78 is 14.6. The standard InChI is InChI=1S/C27H38N4O5/c1-16-11-20(14-30(7)25(16)33)24-29-21-10-9-19(12-22(21)31(24)17(2)15-35-8)13-28-23(18(3)32)26(34)36-27(4,5)6/h9-12,14,17-18,23,28,32H,13,15H2,1-8H3/t17-,18?,23?/m0/s1. The molecule has 1 aromatic carbocycles. The van der Waals surface area contributed by atoms with Crippen molar-refractivity contribution in [3.63, 3.8) is 0 Å². The van der Waals surface area contributed by atoms with Crippen molar-refractivity contribution in [2.75, 3.05) is 13.7 Å². The molecule has 3 atom stereocenters. The van der Waals surface area contributed by atoms with Crippen LogP contribution in [-0.2, 0) is 27.9 Å². The molecule has 3 aromatic rings. The number of fused-ring (bicyclic) bond motifs is 1. The number of carbonyl (C=O) groups is 1. The fourth-order valence-electron chi connectivity index (χ4n) is 4.26. The van der Waals surface area contributed by atoms with E-state index in [2.05, 4.69) is 16.8 Å². The quantitative estimate of drug-likeness (QED) is 0.437. The molecule has 0 radical (unpaired) electrons. The maximum Gasteiger partial charge on any atom is 0.326 e. The Balaban J connectivity index is 2.00. The molecule has 9 heteroatoms. The van der Waals surface area contributed by atoms with E-state index >= 15 is 0 Å². The Kier molecular flexibility index (Phi) is 8.38. The average Bonchev–Trinajstić information content (AvgIpc) is 3.15. The Bertz CT molecular complexity index is 1260. The zero-order valence-electron chi connectivity index (χ0n) is 22.5. The van der Waals surface area contributed by atoms with Gasteiger partial charge in [-0.3, -0.25) is 14.9 Å². The van der Waals surface area contributed by atoms with Gasteiger partial charge in [0.05, 0.1) is 29.8 Å². The molecule has 3 rings (SSSR count). The second-order valence-corrected chi connectivity index (χ2v) is 10.4. The summed E-state index contributed by atoms with van der Waals surface area (Å²) in [5.41, 5.74) is 3.43. The minimum Gasteiger partial charge on any atom is -0.459 e. The Morgan fingerprint density at radius 2 is 1.92 bits per heavy atom. The number of aliphatic hydroxyl groups excluding tert-OH is 1. The summed E-state index contributed by atoms with van der Waals surface area (Å²) in [6.45, 7) is 11.6. The van der Waals surface area contributed by atoms with Gasteiger partial charge < -0.3 is 23.7 Å². The van der Waals surface area contributed by atoms with Gasteiger partial charge in [0.1, 0.15) is 17.5 Å². The van der Waals surface area contributed by atoms with Crippen molar-refractivity contribution >= 4 is 17.0 Å². The first kappa shape index (κ1) is 27.6. The monoisotopic (exact) mass is 498 g/mol. The number of nitrogens with one attached hydrogen (secondary N) is 1. The van der Waals surface area contributed by atoms with Gasteiger partial charge in [-0.2, -0.15) is 0 Å². The van der Waals surface area contributed by atoms with Gasteiger partial charge >= 0.3 is 5.97 Å². The van der Waals surface area contributed by atoms with Crippen LogP contribution in [0.3, 0.4) is 0 Å². The van der Waals surface area contributed by atoms with Crippen LogP contribution in [0.15, 0.2) is 35.3 Å². The van der Waals surface area contributed by atoms with E-state index in [4.69, 9.17) is 14.5 Å². The lowest BCUT2D eigenvalue weighted by molar-refractivity contribution is -0.160. The molecule has 2 unspecified atom stereocenters. The third-order valence-electron chi connectivity index (χ3n) is 5.89. The van der Waals surface area contributed by atoms with Crippen LogP contribution >= 0.6 is 0 Å². The molecule has 0 saturated heterocycles. The van der Waals surface area contributed by atoms with Crippen molar-refractivity contribution in [1.82, 2.24) is 19.4 Å². The van der Waals surface area contributed by atoms with E-state index < -0.39 is 23.7 Å². The third kappa shape index (κ3) is 6.21. The first-order valence-corrected chi connectivity index (χ1v) is 12.1. The smallest absolute Gasteiger partial charge is 0.326 e. The molecule has 9 nitrogen and oxygen atoms in total. The topological polar surface area (TPSA) is 108 Å². The van der Waals surface area contributed by atoms with Crippen molar-refractivity contribution in [3.8, 4) is 11.4 Å². The summed E-state index contributed by atoms with van der Waals surface area (Å²) in [5.74, 6) is 0.249. The number of methoxy groups -OCH3 is 1. The number of benzene rings is 1. The predicted molar refractivity (Wildman–Crippen MR) is 140 cm³/mol. The molecular weight excluding hydrogens is 460 g/mol. The predicted octanol–water partition coefficient (Wildman–Crippen LogP) is 3.10. The number of aromatic nitrogens is 3. The lowest BCUT2D eigenvalue weighted by Gasteiger charge is -2.26. The number of hydrogen-bond acceptors (Lipinski definition) is 7. The molecule has 36 heavy (non-hydrogen) atoms. The van der Waals surface area contributed by atoms with Crippen molar-refractivity contribution in [2.24, 2.45) is 7.05 Å². The van der Waals surface area contributed by atoms with E-state index in [0.29, 0.717) is 18.7 Å². The third-order valence-corrected chi connectivity index (χ3v) is 5.89. The minimum atomic E-state index is -0.921.